The van der Waals surface area contributed by atoms with Gasteiger partial charge in [0.15, 0.2) is 17.3 Å². The van der Waals surface area contributed by atoms with Crippen LogP contribution in [0.25, 0.3) is 22.3 Å². The Hall–Kier alpha value is -4.00. The van der Waals surface area contributed by atoms with Gasteiger partial charge < -0.3 is 19.6 Å². The lowest BCUT2D eigenvalue weighted by Gasteiger charge is -2.17. The third-order valence-corrected chi connectivity index (χ3v) is 4.99. The van der Waals surface area contributed by atoms with Gasteiger partial charge in [-0.1, -0.05) is 24.3 Å². The summed E-state index contributed by atoms with van der Waals surface area (Å²) in [6, 6.07) is 20.4. The Morgan fingerprint density at radius 3 is 2.45 bits per heavy atom. The van der Waals surface area contributed by atoms with Crippen molar-refractivity contribution < 1.29 is 14.2 Å². The van der Waals surface area contributed by atoms with E-state index >= 15 is 0 Å². The van der Waals surface area contributed by atoms with Gasteiger partial charge >= 0.3 is 0 Å². The molecule has 0 aliphatic heterocycles. The Morgan fingerprint density at radius 1 is 0.871 bits per heavy atom. The molecule has 0 spiro atoms. The molecule has 0 fully saturated rings. The van der Waals surface area contributed by atoms with E-state index in [2.05, 4.69) is 5.43 Å². The van der Waals surface area contributed by atoms with Crippen LogP contribution in [0.3, 0.4) is 0 Å². The molecule has 7 nitrogen and oxygen atoms in total. The van der Waals surface area contributed by atoms with Gasteiger partial charge in [-0.2, -0.15) is 0 Å². The Labute approximate surface area is 179 Å². The molecular formula is C24H23N3O4. The average Bonchev–Trinajstić information content (AvgIpc) is 2.83. The molecule has 0 bridgehead atoms. The van der Waals surface area contributed by atoms with Crippen LogP contribution in [0.15, 0.2) is 71.5 Å². The number of aromatic nitrogens is 2. The minimum absolute atomic E-state index is 0.182. The molecule has 0 saturated carbocycles. The molecule has 0 aliphatic rings. The molecule has 0 atom stereocenters. The number of nitrogens with zero attached hydrogens (tertiary/aromatic N) is 2. The molecule has 1 heterocycles. The van der Waals surface area contributed by atoms with E-state index in [4.69, 9.17) is 19.2 Å². The second-order valence-electron chi connectivity index (χ2n) is 6.85. The number of nitrogens with one attached hydrogen (secondary N) is 1. The van der Waals surface area contributed by atoms with Crippen molar-refractivity contribution in [1.82, 2.24) is 9.66 Å². The highest BCUT2D eigenvalue weighted by Crippen LogP contribution is 2.31. The minimum Gasteiger partial charge on any atom is -0.497 e. The average molecular weight is 417 g/mol. The molecule has 1 N–H and O–H groups in total. The zero-order chi connectivity index (χ0) is 21.8. The van der Waals surface area contributed by atoms with Gasteiger partial charge in [0.2, 0.25) is 0 Å². The molecule has 0 saturated heterocycles. The highest BCUT2D eigenvalue weighted by molar-refractivity contribution is 5.80. The number of para-hydroxylation sites is 1. The molecule has 0 unspecified atom stereocenters. The normalized spacial score (nSPS) is 10.7. The number of methoxy groups -OCH3 is 3. The Balaban J connectivity index is 1.83. The van der Waals surface area contributed by atoms with Crippen molar-refractivity contribution >= 4 is 10.9 Å². The molecule has 31 heavy (non-hydrogen) atoms. The van der Waals surface area contributed by atoms with Crippen molar-refractivity contribution in [3.05, 3.63) is 82.6 Å². The summed E-state index contributed by atoms with van der Waals surface area (Å²) in [5.74, 6) is 2.39. The smallest absolute Gasteiger partial charge is 0.280 e. The molecule has 1 aromatic heterocycles. The summed E-state index contributed by atoms with van der Waals surface area (Å²) in [5, 5.41) is 0.532. The maximum atomic E-state index is 13.3. The van der Waals surface area contributed by atoms with E-state index in [9.17, 15) is 4.79 Å². The van der Waals surface area contributed by atoms with E-state index in [0.717, 1.165) is 16.9 Å². The van der Waals surface area contributed by atoms with E-state index in [1.807, 2.05) is 48.5 Å². The third kappa shape index (κ3) is 4.02. The topological polar surface area (TPSA) is 74.6 Å². The minimum atomic E-state index is -0.182. The van der Waals surface area contributed by atoms with Crippen LogP contribution in [-0.4, -0.2) is 31.0 Å². The summed E-state index contributed by atoms with van der Waals surface area (Å²) in [7, 11) is 4.78. The molecule has 4 rings (SSSR count). The van der Waals surface area contributed by atoms with Gasteiger partial charge in [-0.25, -0.2) is 9.66 Å². The monoisotopic (exact) mass is 417 g/mol. The first-order valence-electron chi connectivity index (χ1n) is 9.75. The number of rotatable bonds is 7. The quantitative estimate of drug-likeness (QED) is 0.493. The number of ether oxygens (including phenoxy) is 3. The van der Waals surface area contributed by atoms with Crippen LogP contribution >= 0.6 is 0 Å². The van der Waals surface area contributed by atoms with Crippen molar-refractivity contribution in [3.63, 3.8) is 0 Å². The van der Waals surface area contributed by atoms with Crippen LogP contribution in [0.1, 0.15) is 5.56 Å². The fourth-order valence-electron chi connectivity index (χ4n) is 3.40. The standard InChI is InChI=1S/C24H23N3O4/c1-29-18-8-6-7-16(13-18)15-25-27-23(17-11-12-21(30-2)22(14-17)31-3)26-20-10-5-4-9-19(20)24(27)28/h4-14,25H,15H2,1-3H3. The van der Waals surface area contributed by atoms with Crippen LogP contribution in [0, 0.1) is 0 Å². The lowest BCUT2D eigenvalue weighted by molar-refractivity contribution is 0.355. The molecular weight excluding hydrogens is 394 g/mol. The lowest BCUT2D eigenvalue weighted by Crippen LogP contribution is -2.31. The fraction of sp³-hybridized carbons (Fsp3) is 0.167. The predicted octanol–water partition coefficient (Wildman–Crippen LogP) is 3.83. The van der Waals surface area contributed by atoms with Crippen LogP contribution in [0.4, 0.5) is 0 Å². The van der Waals surface area contributed by atoms with E-state index < -0.39 is 0 Å². The number of hydrogen-bond acceptors (Lipinski definition) is 6. The molecule has 4 aromatic rings. The van der Waals surface area contributed by atoms with E-state index in [1.165, 1.54) is 4.68 Å². The fourth-order valence-corrected chi connectivity index (χ4v) is 3.40. The van der Waals surface area contributed by atoms with Crippen molar-refractivity contribution in [2.24, 2.45) is 0 Å². The van der Waals surface area contributed by atoms with Crippen LogP contribution in [0.5, 0.6) is 17.2 Å². The number of fused-ring (bicyclic) bond motifs is 1. The van der Waals surface area contributed by atoms with Crippen LogP contribution in [0.2, 0.25) is 0 Å². The Bertz CT molecular complexity index is 1280. The second kappa shape index (κ2) is 8.79. The van der Waals surface area contributed by atoms with Crippen molar-refractivity contribution in [2.45, 2.75) is 6.54 Å². The molecule has 7 heteroatoms. The summed E-state index contributed by atoms with van der Waals surface area (Å²) < 4.78 is 17.5. The van der Waals surface area contributed by atoms with Gasteiger partial charge in [0.05, 0.1) is 38.8 Å². The summed E-state index contributed by atoms with van der Waals surface area (Å²) in [5.41, 5.74) is 5.35. The lowest BCUT2D eigenvalue weighted by atomic mass is 10.1. The SMILES string of the molecule is COc1cccc(CNn2c(-c3ccc(OC)c(OC)c3)nc3ccccc3c2=O)c1. The van der Waals surface area contributed by atoms with Gasteiger partial charge in [-0.3, -0.25) is 4.79 Å². The van der Waals surface area contributed by atoms with Crippen LogP contribution < -0.4 is 25.2 Å². The number of benzene rings is 3. The van der Waals surface area contributed by atoms with E-state index in [-0.39, 0.29) is 5.56 Å². The summed E-state index contributed by atoms with van der Waals surface area (Å²) in [4.78, 5) is 18.1. The zero-order valence-corrected chi connectivity index (χ0v) is 17.6. The van der Waals surface area contributed by atoms with Gasteiger partial charge in [0.1, 0.15) is 5.75 Å². The first-order chi connectivity index (χ1) is 15.1. The molecule has 158 valence electrons. The largest absolute Gasteiger partial charge is 0.497 e. The zero-order valence-electron chi connectivity index (χ0n) is 17.6. The summed E-state index contributed by atoms with van der Waals surface area (Å²) in [6.07, 6.45) is 0. The maximum absolute atomic E-state index is 13.3. The highest BCUT2D eigenvalue weighted by Gasteiger charge is 2.15. The first kappa shape index (κ1) is 20.3. The van der Waals surface area contributed by atoms with Gasteiger partial charge in [0.25, 0.3) is 5.56 Å². The summed E-state index contributed by atoms with van der Waals surface area (Å²) >= 11 is 0. The van der Waals surface area contributed by atoms with E-state index in [1.54, 1.807) is 39.5 Å². The predicted molar refractivity (Wildman–Crippen MR) is 121 cm³/mol. The van der Waals surface area contributed by atoms with Gasteiger partial charge in [0, 0.05) is 5.56 Å². The Morgan fingerprint density at radius 2 is 1.68 bits per heavy atom. The number of hydrogen-bond donors (Lipinski definition) is 1. The van der Waals surface area contributed by atoms with Crippen molar-refractivity contribution in [2.75, 3.05) is 26.8 Å². The third-order valence-electron chi connectivity index (χ3n) is 4.99. The molecule has 0 radical (unpaired) electrons. The Kier molecular flexibility index (Phi) is 5.75. The molecule has 0 aliphatic carbocycles. The van der Waals surface area contributed by atoms with Crippen LogP contribution in [-0.2, 0) is 6.54 Å². The van der Waals surface area contributed by atoms with Gasteiger partial charge in [-0.15, -0.1) is 0 Å². The van der Waals surface area contributed by atoms with Gasteiger partial charge in [-0.05, 0) is 48.0 Å². The molecule has 0 amide bonds. The molecule has 3 aromatic carbocycles. The first-order valence-corrected chi connectivity index (χ1v) is 9.75. The van der Waals surface area contributed by atoms with Crippen molar-refractivity contribution in [1.29, 1.82) is 0 Å². The second-order valence-corrected chi connectivity index (χ2v) is 6.85. The summed E-state index contributed by atoms with van der Waals surface area (Å²) in [6.45, 7) is 0.414. The highest BCUT2D eigenvalue weighted by atomic mass is 16.5. The van der Waals surface area contributed by atoms with Crippen molar-refractivity contribution in [3.8, 4) is 28.6 Å². The maximum Gasteiger partial charge on any atom is 0.280 e. The van der Waals surface area contributed by atoms with E-state index in [0.29, 0.717) is 34.8 Å².